The number of nitrogens with zero attached hydrogens (tertiary/aromatic N) is 1. The summed E-state index contributed by atoms with van der Waals surface area (Å²) in [5, 5.41) is 3.00. The van der Waals surface area contributed by atoms with Crippen molar-refractivity contribution < 1.29 is 4.79 Å². The molecule has 1 fully saturated rings. The van der Waals surface area contributed by atoms with Crippen molar-refractivity contribution in [2.24, 2.45) is 17.6 Å². The van der Waals surface area contributed by atoms with Crippen LogP contribution in [-0.2, 0) is 11.3 Å². The third kappa shape index (κ3) is 3.26. The van der Waals surface area contributed by atoms with Crippen LogP contribution in [0.1, 0.15) is 30.6 Å². The number of rotatable bonds is 4. The molecule has 2 atom stereocenters. The van der Waals surface area contributed by atoms with Crippen LogP contribution in [0.2, 0.25) is 0 Å². The first-order valence-electron chi connectivity index (χ1n) is 6.16. The number of hydrogen-bond acceptors (Lipinski definition) is 4. The molecule has 1 saturated carbocycles. The Kier molecular flexibility index (Phi) is 4.50. The summed E-state index contributed by atoms with van der Waals surface area (Å²) in [6.45, 7) is 1.22. The summed E-state index contributed by atoms with van der Waals surface area (Å²) >= 11 is 1.57. The lowest BCUT2D eigenvalue weighted by Gasteiger charge is -2.29. The maximum Gasteiger partial charge on any atom is 0.223 e. The van der Waals surface area contributed by atoms with E-state index in [9.17, 15) is 4.79 Å². The summed E-state index contributed by atoms with van der Waals surface area (Å²) < 4.78 is 0. The summed E-state index contributed by atoms with van der Waals surface area (Å²) in [5.41, 5.74) is 7.52. The highest BCUT2D eigenvalue weighted by Crippen LogP contribution is 2.29. The lowest BCUT2D eigenvalue weighted by atomic mass is 9.79. The Morgan fingerprint density at radius 1 is 1.53 bits per heavy atom. The van der Waals surface area contributed by atoms with E-state index < -0.39 is 0 Å². The summed E-state index contributed by atoms with van der Waals surface area (Å²) in [4.78, 5) is 17.2. The van der Waals surface area contributed by atoms with Crippen molar-refractivity contribution in [3.63, 3.8) is 0 Å². The molecule has 0 saturated heterocycles. The highest BCUT2D eigenvalue weighted by Gasteiger charge is 2.29. The molecule has 1 amide bonds. The number of carbonyl (C=O) groups is 1. The first kappa shape index (κ1) is 12.5. The van der Waals surface area contributed by atoms with Gasteiger partial charge in [-0.3, -0.25) is 9.78 Å². The minimum absolute atomic E-state index is 0.113. The molecule has 4 nitrogen and oxygen atoms in total. The fourth-order valence-corrected chi connectivity index (χ4v) is 3.00. The molecule has 3 N–H and O–H groups in total. The van der Waals surface area contributed by atoms with E-state index in [2.05, 4.69) is 10.3 Å². The zero-order valence-corrected chi connectivity index (χ0v) is 10.7. The van der Waals surface area contributed by atoms with Gasteiger partial charge in [0.15, 0.2) is 0 Å². The molecule has 17 heavy (non-hydrogen) atoms. The van der Waals surface area contributed by atoms with Crippen LogP contribution in [0.4, 0.5) is 0 Å². The number of nitrogens with one attached hydrogen (secondary N) is 1. The van der Waals surface area contributed by atoms with Crippen LogP contribution in [0, 0.1) is 11.8 Å². The van der Waals surface area contributed by atoms with Crippen molar-refractivity contribution in [1.82, 2.24) is 10.3 Å². The van der Waals surface area contributed by atoms with Crippen LogP contribution in [0.15, 0.2) is 11.7 Å². The van der Waals surface area contributed by atoms with Gasteiger partial charge in [0.25, 0.3) is 0 Å². The summed E-state index contributed by atoms with van der Waals surface area (Å²) in [6, 6.07) is 0. The van der Waals surface area contributed by atoms with E-state index in [-0.39, 0.29) is 11.8 Å². The van der Waals surface area contributed by atoms with Crippen LogP contribution in [0.25, 0.3) is 0 Å². The van der Waals surface area contributed by atoms with Gasteiger partial charge in [0.1, 0.15) is 0 Å². The van der Waals surface area contributed by atoms with E-state index >= 15 is 0 Å². The standard InChI is InChI=1S/C12H19N3OS/c13-5-9-3-1-2-4-11(9)12(16)15-7-10-6-14-8-17-10/h6,8-9,11H,1-5,7,13H2,(H,15,16). The first-order valence-corrected chi connectivity index (χ1v) is 7.04. The van der Waals surface area contributed by atoms with Crippen molar-refractivity contribution in [1.29, 1.82) is 0 Å². The molecule has 94 valence electrons. The van der Waals surface area contributed by atoms with Crippen LogP contribution >= 0.6 is 11.3 Å². The van der Waals surface area contributed by atoms with Gasteiger partial charge in [-0.25, -0.2) is 0 Å². The van der Waals surface area contributed by atoms with E-state index in [1.807, 2.05) is 0 Å². The number of thiazole rings is 1. The minimum Gasteiger partial charge on any atom is -0.351 e. The first-order chi connectivity index (χ1) is 8.31. The second kappa shape index (κ2) is 6.12. The zero-order chi connectivity index (χ0) is 12.1. The molecular formula is C12H19N3OS. The monoisotopic (exact) mass is 253 g/mol. The smallest absolute Gasteiger partial charge is 0.223 e. The van der Waals surface area contributed by atoms with Crippen molar-refractivity contribution in [3.05, 3.63) is 16.6 Å². The molecule has 2 unspecified atom stereocenters. The number of carbonyl (C=O) groups excluding carboxylic acids is 1. The molecule has 1 aromatic heterocycles. The van der Waals surface area contributed by atoms with Gasteiger partial charge in [-0.15, -0.1) is 11.3 Å². The number of hydrogen-bond donors (Lipinski definition) is 2. The van der Waals surface area contributed by atoms with Crippen LogP contribution < -0.4 is 11.1 Å². The van der Waals surface area contributed by atoms with E-state index in [1.54, 1.807) is 23.0 Å². The van der Waals surface area contributed by atoms with E-state index in [0.717, 1.165) is 24.1 Å². The fourth-order valence-electron chi connectivity index (χ4n) is 2.47. The molecule has 1 aliphatic rings. The quantitative estimate of drug-likeness (QED) is 0.855. The molecule has 1 aliphatic carbocycles. The molecule has 0 radical (unpaired) electrons. The van der Waals surface area contributed by atoms with Gasteiger partial charge in [-0.1, -0.05) is 12.8 Å². The number of nitrogens with two attached hydrogens (primary N) is 1. The summed E-state index contributed by atoms with van der Waals surface area (Å²) in [7, 11) is 0. The van der Waals surface area contributed by atoms with Gasteiger partial charge in [-0.05, 0) is 25.3 Å². The summed E-state index contributed by atoms with van der Waals surface area (Å²) in [5.74, 6) is 0.639. The number of amides is 1. The molecule has 1 heterocycles. The lowest BCUT2D eigenvalue weighted by Crippen LogP contribution is -2.39. The van der Waals surface area contributed by atoms with Crippen molar-refractivity contribution in [2.75, 3.05) is 6.54 Å². The Morgan fingerprint density at radius 2 is 2.35 bits per heavy atom. The second-order valence-corrected chi connectivity index (χ2v) is 5.54. The molecule has 5 heteroatoms. The van der Waals surface area contributed by atoms with Gasteiger partial charge in [-0.2, -0.15) is 0 Å². The minimum atomic E-state index is 0.113. The van der Waals surface area contributed by atoms with E-state index in [1.165, 1.54) is 6.42 Å². The van der Waals surface area contributed by atoms with Gasteiger partial charge in [0.2, 0.25) is 5.91 Å². The van der Waals surface area contributed by atoms with Gasteiger partial charge in [0.05, 0.1) is 12.1 Å². The third-order valence-corrected chi connectivity index (χ3v) is 4.25. The van der Waals surface area contributed by atoms with Crippen LogP contribution in [0.3, 0.4) is 0 Å². The van der Waals surface area contributed by atoms with Crippen LogP contribution in [-0.4, -0.2) is 17.4 Å². The number of aromatic nitrogens is 1. The van der Waals surface area contributed by atoms with Gasteiger partial charge < -0.3 is 11.1 Å². The predicted molar refractivity (Wildman–Crippen MR) is 68.5 cm³/mol. The SMILES string of the molecule is NCC1CCCCC1C(=O)NCc1cncs1. The topological polar surface area (TPSA) is 68.0 Å². The van der Waals surface area contributed by atoms with Crippen LogP contribution in [0.5, 0.6) is 0 Å². The predicted octanol–water partition coefficient (Wildman–Crippen LogP) is 1.52. The maximum absolute atomic E-state index is 12.1. The Hall–Kier alpha value is -0.940. The highest BCUT2D eigenvalue weighted by molar-refractivity contribution is 7.09. The van der Waals surface area contributed by atoms with Crippen molar-refractivity contribution in [2.45, 2.75) is 32.2 Å². The molecule has 0 spiro atoms. The molecular weight excluding hydrogens is 234 g/mol. The van der Waals surface area contributed by atoms with E-state index in [4.69, 9.17) is 5.73 Å². The molecule has 1 aromatic rings. The highest BCUT2D eigenvalue weighted by atomic mass is 32.1. The molecule has 0 aromatic carbocycles. The van der Waals surface area contributed by atoms with Crippen molar-refractivity contribution in [3.8, 4) is 0 Å². The van der Waals surface area contributed by atoms with Crippen molar-refractivity contribution >= 4 is 17.2 Å². The van der Waals surface area contributed by atoms with Gasteiger partial charge in [0, 0.05) is 17.0 Å². The lowest BCUT2D eigenvalue weighted by molar-refractivity contribution is -0.127. The largest absolute Gasteiger partial charge is 0.351 e. The molecule has 0 bridgehead atoms. The normalized spacial score (nSPS) is 24.5. The van der Waals surface area contributed by atoms with Gasteiger partial charge >= 0.3 is 0 Å². The Bertz CT molecular complexity index is 353. The average Bonchev–Trinajstić information content (AvgIpc) is 2.89. The third-order valence-electron chi connectivity index (χ3n) is 3.47. The Balaban J connectivity index is 1.85. The fraction of sp³-hybridized carbons (Fsp3) is 0.667. The Morgan fingerprint density at radius 3 is 3.06 bits per heavy atom. The maximum atomic E-state index is 12.1. The molecule has 0 aliphatic heterocycles. The zero-order valence-electron chi connectivity index (χ0n) is 9.89. The van der Waals surface area contributed by atoms with E-state index in [0.29, 0.717) is 19.0 Å². The summed E-state index contributed by atoms with van der Waals surface area (Å²) in [6.07, 6.45) is 6.23. The average molecular weight is 253 g/mol. The molecule has 2 rings (SSSR count). The second-order valence-electron chi connectivity index (χ2n) is 4.57. The Labute approximate surface area is 106 Å².